The Bertz CT molecular complexity index is 677. The van der Waals surface area contributed by atoms with E-state index in [1.165, 1.54) is 28.3 Å². The Morgan fingerprint density at radius 1 is 1.32 bits per heavy atom. The summed E-state index contributed by atoms with van der Waals surface area (Å²) in [5, 5.41) is 5.60. The largest absolute Gasteiger partial charge is 0.268 e. The second-order valence-electron chi connectivity index (χ2n) is 3.77. The zero-order valence-corrected chi connectivity index (χ0v) is 11.7. The summed E-state index contributed by atoms with van der Waals surface area (Å²) < 4.78 is 27.7. The molecule has 0 atom stereocenters. The fourth-order valence-corrected chi connectivity index (χ4v) is 3.59. The molecule has 2 aromatic rings. The molecule has 102 valence electrons. The number of aromatic nitrogens is 2. The first-order valence-electron chi connectivity index (χ1n) is 5.65. The molecule has 2 aromatic heterocycles. The average Bonchev–Trinajstić information content (AvgIpc) is 2.91. The molecule has 0 bridgehead atoms. The van der Waals surface area contributed by atoms with Gasteiger partial charge in [-0.2, -0.15) is 5.10 Å². The van der Waals surface area contributed by atoms with E-state index in [0.717, 1.165) is 0 Å². The zero-order valence-electron chi connectivity index (χ0n) is 10.0. The van der Waals surface area contributed by atoms with E-state index in [0.29, 0.717) is 17.2 Å². The lowest BCUT2D eigenvalue weighted by molar-refractivity contribution is 0.535. The van der Waals surface area contributed by atoms with Crippen LogP contribution in [-0.4, -0.2) is 24.7 Å². The summed E-state index contributed by atoms with van der Waals surface area (Å²) in [6, 6.07) is 6.23. The highest BCUT2D eigenvalue weighted by atomic mass is 32.2. The van der Waals surface area contributed by atoms with E-state index in [-0.39, 0.29) is 12.1 Å². The van der Waals surface area contributed by atoms with Crippen molar-refractivity contribution in [2.45, 2.75) is 17.2 Å². The van der Waals surface area contributed by atoms with Gasteiger partial charge in [0.15, 0.2) is 0 Å². The summed E-state index contributed by atoms with van der Waals surface area (Å²) in [6.07, 6.45) is 2.03. The van der Waals surface area contributed by atoms with Crippen molar-refractivity contribution in [2.24, 2.45) is 0 Å². The van der Waals surface area contributed by atoms with Crippen molar-refractivity contribution < 1.29 is 8.42 Å². The van der Waals surface area contributed by atoms with E-state index in [4.69, 9.17) is 0 Å². The van der Waals surface area contributed by atoms with Crippen LogP contribution in [0.25, 0.3) is 0 Å². The number of rotatable bonds is 6. The maximum absolute atomic E-state index is 11.8. The summed E-state index contributed by atoms with van der Waals surface area (Å²) >= 11 is 1.17. The fourth-order valence-electron chi connectivity index (χ4n) is 1.48. The van der Waals surface area contributed by atoms with Crippen LogP contribution in [0.4, 0.5) is 0 Å². The molecule has 0 aliphatic heterocycles. The monoisotopic (exact) mass is 299 g/mol. The van der Waals surface area contributed by atoms with Gasteiger partial charge in [-0.3, -0.25) is 4.79 Å². The predicted octanol–water partition coefficient (Wildman–Crippen LogP) is 0.673. The highest BCUT2D eigenvalue weighted by molar-refractivity contribution is 7.91. The molecule has 0 saturated carbocycles. The molecular formula is C11H13N3O3S2. The molecule has 0 aliphatic carbocycles. The lowest BCUT2D eigenvalue weighted by Gasteiger charge is -2.05. The second kappa shape index (κ2) is 6.09. The minimum absolute atomic E-state index is 0.191. The topological polar surface area (TPSA) is 81.1 Å². The van der Waals surface area contributed by atoms with Gasteiger partial charge in [-0.05, 0) is 23.9 Å². The SMILES string of the molecule is O=c1cccnn1CCCNS(=O)(=O)c1cccs1. The van der Waals surface area contributed by atoms with Crippen LogP contribution < -0.4 is 10.3 Å². The van der Waals surface area contributed by atoms with Gasteiger partial charge in [0.1, 0.15) is 4.21 Å². The second-order valence-corrected chi connectivity index (χ2v) is 6.71. The molecule has 0 unspecified atom stereocenters. The molecule has 8 heteroatoms. The number of aryl methyl sites for hydroxylation is 1. The first kappa shape index (κ1) is 13.9. The van der Waals surface area contributed by atoms with Crippen molar-refractivity contribution in [2.75, 3.05) is 6.54 Å². The lowest BCUT2D eigenvalue weighted by atomic mass is 10.4. The Morgan fingerprint density at radius 2 is 2.16 bits per heavy atom. The number of nitrogens with one attached hydrogen (secondary N) is 1. The van der Waals surface area contributed by atoms with Gasteiger partial charge < -0.3 is 0 Å². The molecule has 0 fully saturated rings. The average molecular weight is 299 g/mol. The van der Waals surface area contributed by atoms with Crippen LogP contribution in [0.2, 0.25) is 0 Å². The van der Waals surface area contributed by atoms with Gasteiger partial charge >= 0.3 is 0 Å². The Labute approximate surface area is 114 Å². The maximum atomic E-state index is 11.8. The normalized spacial score (nSPS) is 11.6. The zero-order chi connectivity index (χ0) is 13.7. The van der Waals surface area contributed by atoms with Crippen LogP contribution in [0.5, 0.6) is 0 Å². The third-order valence-electron chi connectivity index (χ3n) is 2.38. The number of hydrogen-bond donors (Lipinski definition) is 1. The van der Waals surface area contributed by atoms with Gasteiger partial charge in [-0.15, -0.1) is 11.3 Å². The third kappa shape index (κ3) is 3.72. The Morgan fingerprint density at radius 3 is 2.84 bits per heavy atom. The van der Waals surface area contributed by atoms with E-state index in [1.807, 2.05) is 0 Å². The molecule has 0 saturated heterocycles. The van der Waals surface area contributed by atoms with Gasteiger partial charge in [0.05, 0.1) is 0 Å². The summed E-state index contributed by atoms with van der Waals surface area (Å²) in [5.74, 6) is 0. The molecule has 1 N–H and O–H groups in total. The first-order valence-corrected chi connectivity index (χ1v) is 8.01. The minimum atomic E-state index is -3.42. The Hall–Kier alpha value is -1.51. The Balaban J connectivity index is 1.85. The third-order valence-corrected chi connectivity index (χ3v) is 5.24. The molecule has 0 radical (unpaired) electrons. The molecule has 0 amide bonds. The quantitative estimate of drug-likeness (QED) is 0.795. The van der Waals surface area contributed by atoms with Crippen LogP contribution in [-0.2, 0) is 16.6 Å². The minimum Gasteiger partial charge on any atom is -0.268 e. The van der Waals surface area contributed by atoms with E-state index in [9.17, 15) is 13.2 Å². The van der Waals surface area contributed by atoms with Crippen LogP contribution in [0.15, 0.2) is 44.8 Å². The molecule has 0 aliphatic rings. The fraction of sp³-hybridized carbons (Fsp3) is 0.273. The van der Waals surface area contributed by atoms with E-state index in [1.54, 1.807) is 23.6 Å². The van der Waals surface area contributed by atoms with Gasteiger partial charge in [-0.1, -0.05) is 6.07 Å². The van der Waals surface area contributed by atoms with E-state index in [2.05, 4.69) is 9.82 Å². The Kier molecular flexibility index (Phi) is 4.46. The van der Waals surface area contributed by atoms with Crippen LogP contribution >= 0.6 is 11.3 Å². The van der Waals surface area contributed by atoms with Crippen molar-refractivity contribution in [3.63, 3.8) is 0 Å². The molecule has 19 heavy (non-hydrogen) atoms. The molecular weight excluding hydrogens is 286 g/mol. The number of nitrogens with zero attached hydrogens (tertiary/aromatic N) is 2. The van der Waals surface area contributed by atoms with Gasteiger partial charge in [-0.25, -0.2) is 17.8 Å². The van der Waals surface area contributed by atoms with Gasteiger partial charge in [0.2, 0.25) is 10.0 Å². The highest BCUT2D eigenvalue weighted by Gasteiger charge is 2.13. The van der Waals surface area contributed by atoms with Crippen molar-refractivity contribution >= 4 is 21.4 Å². The van der Waals surface area contributed by atoms with Crippen molar-refractivity contribution in [3.05, 3.63) is 46.2 Å². The first-order chi connectivity index (χ1) is 9.09. The summed E-state index contributed by atoms with van der Waals surface area (Å²) in [7, 11) is -3.42. The maximum Gasteiger partial charge on any atom is 0.266 e. The van der Waals surface area contributed by atoms with Gasteiger partial charge in [0.25, 0.3) is 5.56 Å². The van der Waals surface area contributed by atoms with Crippen LogP contribution in [0.3, 0.4) is 0 Å². The van der Waals surface area contributed by atoms with E-state index >= 15 is 0 Å². The van der Waals surface area contributed by atoms with Crippen molar-refractivity contribution in [3.8, 4) is 0 Å². The number of sulfonamides is 1. The van der Waals surface area contributed by atoms with Crippen LogP contribution in [0.1, 0.15) is 6.42 Å². The van der Waals surface area contributed by atoms with Crippen LogP contribution in [0, 0.1) is 0 Å². The predicted molar refractivity (Wildman–Crippen MR) is 72.6 cm³/mol. The molecule has 2 rings (SSSR count). The smallest absolute Gasteiger partial charge is 0.266 e. The van der Waals surface area contributed by atoms with Gasteiger partial charge in [0, 0.05) is 25.4 Å². The summed E-state index contributed by atoms with van der Waals surface area (Å²) in [5.41, 5.74) is -0.191. The molecule has 2 heterocycles. The molecule has 0 aromatic carbocycles. The van der Waals surface area contributed by atoms with E-state index < -0.39 is 10.0 Å². The van der Waals surface area contributed by atoms with Crippen molar-refractivity contribution in [1.29, 1.82) is 0 Å². The molecule has 0 spiro atoms. The standard InChI is InChI=1S/C11H13N3O3S2/c15-10-4-1-6-12-14(10)8-3-7-13-19(16,17)11-5-2-9-18-11/h1-2,4-6,9,13H,3,7-8H2. The molecule has 6 nitrogen and oxygen atoms in total. The number of thiophene rings is 1. The summed E-state index contributed by atoms with van der Waals surface area (Å²) in [6.45, 7) is 0.649. The number of hydrogen-bond acceptors (Lipinski definition) is 5. The summed E-state index contributed by atoms with van der Waals surface area (Å²) in [4.78, 5) is 11.4. The lowest BCUT2D eigenvalue weighted by Crippen LogP contribution is -2.27. The highest BCUT2D eigenvalue weighted by Crippen LogP contribution is 2.14. The van der Waals surface area contributed by atoms with Crippen molar-refractivity contribution in [1.82, 2.24) is 14.5 Å².